The Morgan fingerprint density at radius 3 is 2.32 bits per heavy atom. The summed E-state index contributed by atoms with van der Waals surface area (Å²) in [6.07, 6.45) is 2.85. The molecule has 0 aliphatic heterocycles. The predicted octanol–water partition coefficient (Wildman–Crippen LogP) is 6.06. The molecule has 0 radical (unpaired) electrons. The number of rotatable bonds is 5. The number of pyridine rings is 1. The number of hydrogen-bond acceptors (Lipinski definition) is 3. The molecule has 1 N–H and O–H groups in total. The molecule has 1 saturated carbocycles. The van der Waals surface area contributed by atoms with Crippen LogP contribution in [0.3, 0.4) is 0 Å². The molecule has 0 amide bonds. The number of benzene rings is 1. The van der Waals surface area contributed by atoms with E-state index in [1.54, 1.807) is 18.3 Å². The van der Waals surface area contributed by atoms with E-state index in [-0.39, 0.29) is 12.1 Å². The molecular formula is C22H27F3N2O. The smallest absolute Gasteiger partial charge is 0.393 e. The minimum absolute atomic E-state index is 0.118. The number of hydrogen-bond donors (Lipinski definition) is 1. The third-order valence-corrected chi connectivity index (χ3v) is 5.74. The molecule has 1 fully saturated rings. The number of aromatic nitrogens is 1. The fourth-order valence-corrected chi connectivity index (χ4v) is 3.91. The number of anilines is 2. The monoisotopic (exact) mass is 392 g/mol. The van der Waals surface area contributed by atoms with E-state index in [1.807, 2.05) is 12.3 Å². The Hall–Kier alpha value is -2.08. The first-order valence-electron chi connectivity index (χ1n) is 9.89. The molecule has 3 nitrogen and oxygen atoms in total. The minimum atomic E-state index is -4.35. The van der Waals surface area contributed by atoms with Crippen LogP contribution in [0.25, 0.3) is 0 Å². The Morgan fingerprint density at radius 1 is 1.11 bits per heavy atom. The number of halogens is 3. The van der Waals surface area contributed by atoms with Crippen molar-refractivity contribution in [1.29, 1.82) is 0 Å². The summed E-state index contributed by atoms with van der Waals surface area (Å²) in [6, 6.07) is 7.48. The molecule has 0 saturated heterocycles. The lowest BCUT2D eigenvalue weighted by atomic mass is 9.90. The van der Waals surface area contributed by atoms with Gasteiger partial charge < -0.3 is 10.0 Å². The summed E-state index contributed by atoms with van der Waals surface area (Å²) in [5.41, 5.74) is 2.16. The number of alkyl halides is 3. The van der Waals surface area contributed by atoms with E-state index in [4.69, 9.17) is 0 Å². The van der Waals surface area contributed by atoms with Crippen molar-refractivity contribution >= 4 is 11.4 Å². The van der Waals surface area contributed by atoms with E-state index >= 15 is 0 Å². The second-order valence-electron chi connectivity index (χ2n) is 7.62. The molecule has 0 bridgehead atoms. The Balaban J connectivity index is 2.04. The lowest BCUT2D eigenvalue weighted by Gasteiger charge is -2.39. The average molecular weight is 392 g/mol. The highest BCUT2D eigenvalue weighted by molar-refractivity contribution is 5.67. The summed E-state index contributed by atoms with van der Waals surface area (Å²) in [6.45, 7) is 4.27. The summed E-state index contributed by atoms with van der Waals surface area (Å²) in [7, 11) is 0. The Bertz CT molecular complexity index is 768. The zero-order chi connectivity index (χ0) is 20.3. The molecule has 152 valence electrons. The van der Waals surface area contributed by atoms with E-state index in [2.05, 4.69) is 23.7 Å². The molecule has 0 spiro atoms. The summed E-state index contributed by atoms with van der Waals surface area (Å²) < 4.78 is 39.0. The maximum atomic E-state index is 13.0. The van der Waals surface area contributed by atoms with Crippen molar-refractivity contribution in [1.82, 2.24) is 4.98 Å². The van der Waals surface area contributed by atoms with Crippen molar-refractivity contribution in [3.05, 3.63) is 53.9 Å². The second-order valence-corrected chi connectivity index (χ2v) is 7.62. The van der Waals surface area contributed by atoms with Crippen molar-refractivity contribution in [3.63, 3.8) is 0 Å². The standard InChI is InChI=1S/C22H27F3N2O/c1-3-15(2)20-12-13-26-14-21(20)27(18-8-10-19(28)11-9-18)17-6-4-16(5-7-17)22(23,24)25/h4-7,12-15,18-19,28H,3,8-11H2,1-2H3. The maximum absolute atomic E-state index is 13.0. The number of aliphatic hydroxyl groups is 1. The van der Waals surface area contributed by atoms with E-state index in [1.165, 1.54) is 0 Å². The minimum Gasteiger partial charge on any atom is -0.393 e. The Kier molecular flexibility index (Phi) is 6.28. The van der Waals surface area contributed by atoms with E-state index < -0.39 is 11.7 Å². The molecule has 1 unspecified atom stereocenters. The Labute approximate surface area is 164 Å². The van der Waals surface area contributed by atoms with Gasteiger partial charge in [0, 0.05) is 17.9 Å². The molecule has 28 heavy (non-hydrogen) atoms. The quantitative estimate of drug-likeness (QED) is 0.672. The van der Waals surface area contributed by atoms with Crippen LogP contribution in [-0.4, -0.2) is 22.2 Å². The van der Waals surface area contributed by atoms with Gasteiger partial charge in [0.25, 0.3) is 0 Å². The summed E-state index contributed by atoms with van der Waals surface area (Å²) in [5, 5.41) is 9.90. The SMILES string of the molecule is CCC(C)c1ccncc1N(c1ccc(C(F)(F)F)cc1)C1CCC(O)CC1. The fourth-order valence-electron chi connectivity index (χ4n) is 3.91. The van der Waals surface area contributed by atoms with Crippen LogP contribution >= 0.6 is 0 Å². The third-order valence-electron chi connectivity index (χ3n) is 5.74. The first-order chi connectivity index (χ1) is 13.3. The highest BCUT2D eigenvalue weighted by Crippen LogP contribution is 2.39. The van der Waals surface area contributed by atoms with Gasteiger partial charge in [-0.2, -0.15) is 13.2 Å². The zero-order valence-electron chi connectivity index (χ0n) is 16.3. The van der Waals surface area contributed by atoms with Crippen LogP contribution in [0.1, 0.15) is 63.0 Å². The van der Waals surface area contributed by atoms with Crippen LogP contribution < -0.4 is 4.90 Å². The predicted molar refractivity (Wildman–Crippen MR) is 105 cm³/mol. The van der Waals surface area contributed by atoms with Gasteiger partial charge in [0.15, 0.2) is 0 Å². The van der Waals surface area contributed by atoms with Crippen LogP contribution in [0, 0.1) is 0 Å². The molecule has 2 aromatic rings. The van der Waals surface area contributed by atoms with E-state index in [0.29, 0.717) is 18.8 Å². The van der Waals surface area contributed by atoms with E-state index in [9.17, 15) is 18.3 Å². The van der Waals surface area contributed by atoms with Crippen LogP contribution in [0.5, 0.6) is 0 Å². The van der Waals surface area contributed by atoms with Crippen molar-refractivity contribution < 1.29 is 18.3 Å². The molecule has 1 atom stereocenters. The van der Waals surface area contributed by atoms with Crippen molar-refractivity contribution in [2.75, 3.05) is 4.90 Å². The molecular weight excluding hydrogens is 365 g/mol. The van der Waals surface area contributed by atoms with Crippen LogP contribution in [0.15, 0.2) is 42.7 Å². The lowest BCUT2D eigenvalue weighted by molar-refractivity contribution is -0.137. The van der Waals surface area contributed by atoms with Gasteiger partial charge in [-0.3, -0.25) is 4.98 Å². The van der Waals surface area contributed by atoms with Gasteiger partial charge >= 0.3 is 6.18 Å². The van der Waals surface area contributed by atoms with Gasteiger partial charge in [-0.05, 0) is 73.9 Å². The van der Waals surface area contributed by atoms with Gasteiger partial charge in [0.05, 0.1) is 23.6 Å². The van der Waals surface area contributed by atoms with Gasteiger partial charge in [0.2, 0.25) is 0 Å². The zero-order valence-corrected chi connectivity index (χ0v) is 16.3. The fraction of sp³-hybridized carbons (Fsp3) is 0.500. The van der Waals surface area contributed by atoms with Gasteiger partial charge in [-0.15, -0.1) is 0 Å². The largest absolute Gasteiger partial charge is 0.416 e. The summed E-state index contributed by atoms with van der Waals surface area (Å²) in [5.74, 6) is 0.309. The Morgan fingerprint density at radius 2 is 1.75 bits per heavy atom. The van der Waals surface area contributed by atoms with Crippen molar-refractivity contribution in [3.8, 4) is 0 Å². The molecule has 1 aromatic carbocycles. The average Bonchev–Trinajstić information content (AvgIpc) is 2.69. The lowest BCUT2D eigenvalue weighted by Crippen LogP contribution is -2.36. The van der Waals surface area contributed by atoms with Gasteiger partial charge in [0.1, 0.15) is 0 Å². The van der Waals surface area contributed by atoms with Gasteiger partial charge in [-0.1, -0.05) is 13.8 Å². The topological polar surface area (TPSA) is 36.4 Å². The molecule has 3 rings (SSSR count). The molecule has 1 aliphatic rings. The summed E-state index contributed by atoms with van der Waals surface area (Å²) in [4.78, 5) is 6.43. The molecule has 1 aliphatic carbocycles. The number of aliphatic hydroxyl groups excluding tert-OH is 1. The molecule has 1 aromatic heterocycles. The van der Waals surface area contributed by atoms with Crippen molar-refractivity contribution in [2.24, 2.45) is 0 Å². The highest BCUT2D eigenvalue weighted by Gasteiger charge is 2.32. The first-order valence-corrected chi connectivity index (χ1v) is 9.89. The van der Waals surface area contributed by atoms with Crippen molar-refractivity contribution in [2.45, 2.75) is 70.2 Å². The van der Waals surface area contributed by atoms with Gasteiger partial charge in [-0.25, -0.2) is 0 Å². The third kappa shape index (κ3) is 4.49. The van der Waals surface area contributed by atoms with Crippen LogP contribution in [0.4, 0.5) is 24.5 Å². The van der Waals surface area contributed by atoms with Crippen LogP contribution in [-0.2, 0) is 6.18 Å². The second kappa shape index (κ2) is 8.52. The van der Waals surface area contributed by atoms with E-state index in [0.717, 1.165) is 48.3 Å². The van der Waals surface area contributed by atoms with Crippen LogP contribution in [0.2, 0.25) is 0 Å². The molecule has 6 heteroatoms. The number of nitrogens with zero attached hydrogens (tertiary/aromatic N) is 2. The summed E-state index contributed by atoms with van der Waals surface area (Å²) >= 11 is 0. The highest BCUT2D eigenvalue weighted by atomic mass is 19.4. The normalized spacial score (nSPS) is 21.4. The maximum Gasteiger partial charge on any atom is 0.416 e. The first kappa shape index (κ1) is 20.6. The molecule has 1 heterocycles.